The van der Waals surface area contributed by atoms with Crippen molar-refractivity contribution in [2.75, 3.05) is 0 Å². The predicted octanol–water partition coefficient (Wildman–Crippen LogP) is 4.57. The van der Waals surface area contributed by atoms with Crippen molar-refractivity contribution in [3.05, 3.63) is 71.2 Å². The number of hydrogen-bond acceptors (Lipinski definition) is 4. The van der Waals surface area contributed by atoms with Gasteiger partial charge in [0.1, 0.15) is 0 Å². The Labute approximate surface area is 136 Å². The van der Waals surface area contributed by atoms with Crippen molar-refractivity contribution in [3.8, 4) is 0 Å². The summed E-state index contributed by atoms with van der Waals surface area (Å²) in [5.74, 6) is 0. The number of pyridine rings is 4. The zero-order valence-corrected chi connectivity index (χ0v) is 12.8. The van der Waals surface area contributed by atoms with E-state index in [1.165, 1.54) is 0 Å². The van der Waals surface area contributed by atoms with E-state index in [1.807, 2.05) is 36.4 Å². The van der Waals surface area contributed by atoms with Crippen molar-refractivity contribution in [1.29, 1.82) is 0 Å². The van der Waals surface area contributed by atoms with Crippen LogP contribution in [0.2, 0.25) is 10.0 Å². The predicted molar refractivity (Wildman–Crippen MR) is 89.1 cm³/mol. The van der Waals surface area contributed by atoms with Crippen molar-refractivity contribution < 1.29 is 0 Å². The second-order valence-electron chi connectivity index (χ2n) is 4.41. The summed E-state index contributed by atoms with van der Waals surface area (Å²) in [6.45, 7) is 0. The minimum Gasteiger partial charge on any atom is -0.237 e. The van der Waals surface area contributed by atoms with E-state index in [1.54, 1.807) is 24.8 Å². The number of rotatable bonds is 0. The van der Waals surface area contributed by atoms with E-state index in [0.717, 1.165) is 22.1 Å². The Balaban J connectivity index is 0.000000131. The van der Waals surface area contributed by atoms with Crippen molar-refractivity contribution >= 4 is 45.3 Å². The van der Waals surface area contributed by atoms with Gasteiger partial charge in [0, 0.05) is 35.6 Å². The van der Waals surface area contributed by atoms with Crippen molar-refractivity contribution in [1.82, 2.24) is 19.9 Å². The molecule has 0 aliphatic heterocycles. The van der Waals surface area contributed by atoms with Crippen molar-refractivity contribution in [3.63, 3.8) is 0 Å². The topological polar surface area (TPSA) is 51.6 Å². The number of halogens is 2. The molecule has 0 atom stereocenters. The largest absolute Gasteiger partial charge is 0.237 e. The molecule has 0 spiro atoms. The molecule has 0 saturated carbocycles. The van der Waals surface area contributed by atoms with E-state index in [4.69, 9.17) is 23.2 Å². The SMILES string of the molecule is Clc1cnc2ncccc2c1.Clc1cnc2ncccc2c1. The molecule has 0 fully saturated rings. The highest BCUT2D eigenvalue weighted by Crippen LogP contribution is 2.14. The highest BCUT2D eigenvalue weighted by molar-refractivity contribution is 6.31. The molecule has 0 radical (unpaired) electrons. The molecule has 4 aromatic rings. The number of fused-ring (bicyclic) bond motifs is 2. The molecule has 0 saturated heterocycles. The third-order valence-electron chi connectivity index (χ3n) is 2.84. The number of hydrogen-bond donors (Lipinski definition) is 0. The molecular formula is C16H10Cl2N4. The fourth-order valence-electron chi connectivity index (χ4n) is 1.88. The lowest BCUT2D eigenvalue weighted by molar-refractivity contribution is 1.29. The monoisotopic (exact) mass is 328 g/mol. The summed E-state index contributed by atoms with van der Waals surface area (Å²) in [6, 6.07) is 11.3. The summed E-state index contributed by atoms with van der Waals surface area (Å²) < 4.78 is 0. The maximum atomic E-state index is 5.73. The summed E-state index contributed by atoms with van der Waals surface area (Å²) in [5.41, 5.74) is 1.47. The van der Waals surface area contributed by atoms with E-state index < -0.39 is 0 Å². The van der Waals surface area contributed by atoms with Gasteiger partial charge in [0.15, 0.2) is 11.3 Å². The van der Waals surface area contributed by atoms with Gasteiger partial charge in [-0.1, -0.05) is 23.2 Å². The van der Waals surface area contributed by atoms with Gasteiger partial charge in [0.25, 0.3) is 0 Å². The summed E-state index contributed by atoms with van der Waals surface area (Å²) in [4.78, 5) is 16.2. The molecule has 22 heavy (non-hydrogen) atoms. The van der Waals surface area contributed by atoms with Gasteiger partial charge in [0.2, 0.25) is 0 Å². The molecule has 4 nitrogen and oxygen atoms in total. The number of nitrogens with zero attached hydrogens (tertiary/aromatic N) is 4. The van der Waals surface area contributed by atoms with Crippen LogP contribution in [-0.4, -0.2) is 19.9 Å². The molecule has 0 aliphatic carbocycles. The van der Waals surface area contributed by atoms with Crippen LogP contribution in [0.3, 0.4) is 0 Å². The van der Waals surface area contributed by atoms with Gasteiger partial charge in [-0.25, -0.2) is 19.9 Å². The third-order valence-corrected chi connectivity index (χ3v) is 3.25. The standard InChI is InChI=1S/2C8H5ClN2/c2*9-7-4-6-2-1-3-10-8(6)11-5-7/h2*1-5H. The first-order chi connectivity index (χ1) is 10.7. The van der Waals surface area contributed by atoms with Crippen LogP contribution in [0, 0.1) is 0 Å². The fraction of sp³-hybridized carbons (Fsp3) is 0. The smallest absolute Gasteiger partial charge is 0.159 e. The lowest BCUT2D eigenvalue weighted by Crippen LogP contribution is -1.80. The third kappa shape index (κ3) is 3.47. The maximum absolute atomic E-state index is 5.73. The molecular weight excluding hydrogens is 319 g/mol. The van der Waals surface area contributed by atoms with E-state index >= 15 is 0 Å². The van der Waals surface area contributed by atoms with Crippen LogP contribution in [0.15, 0.2) is 61.2 Å². The quantitative estimate of drug-likeness (QED) is 0.474. The van der Waals surface area contributed by atoms with Gasteiger partial charge >= 0.3 is 0 Å². The first kappa shape index (κ1) is 14.6. The van der Waals surface area contributed by atoms with Gasteiger partial charge < -0.3 is 0 Å². The molecule has 0 bridgehead atoms. The highest BCUT2D eigenvalue weighted by Gasteiger charge is 1.94. The van der Waals surface area contributed by atoms with Crippen LogP contribution in [0.1, 0.15) is 0 Å². The zero-order valence-electron chi connectivity index (χ0n) is 11.3. The fourth-order valence-corrected chi connectivity index (χ4v) is 2.21. The van der Waals surface area contributed by atoms with Gasteiger partial charge in [-0.05, 0) is 36.4 Å². The molecule has 108 valence electrons. The van der Waals surface area contributed by atoms with Crippen LogP contribution >= 0.6 is 23.2 Å². The molecule has 0 aromatic carbocycles. The Hall–Kier alpha value is -2.30. The van der Waals surface area contributed by atoms with Gasteiger partial charge in [-0.15, -0.1) is 0 Å². The van der Waals surface area contributed by atoms with Crippen LogP contribution in [0.25, 0.3) is 22.1 Å². The summed E-state index contributed by atoms with van der Waals surface area (Å²) >= 11 is 11.5. The molecule has 6 heteroatoms. The Morgan fingerprint density at radius 3 is 1.55 bits per heavy atom. The molecule has 0 aliphatic rings. The minimum absolute atomic E-state index is 0.644. The molecule has 4 heterocycles. The molecule has 0 unspecified atom stereocenters. The first-order valence-corrected chi connectivity index (χ1v) is 7.20. The van der Waals surface area contributed by atoms with Crippen LogP contribution in [-0.2, 0) is 0 Å². The normalized spacial score (nSPS) is 10.3. The molecule has 0 N–H and O–H groups in total. The highest BCUT2D eigenvalue weighted by atomic mass is 35.5. The maximum Gasteiger partial charge on any atom is 0.159 e. The van der Waals surface area contributed by atoms with E-state index in [2.05, 4.69) is 19.9 Å². The van der Waals surface area contributed by atoms with Gasteiger partial charge in [0.05, 0.1) is 10.0 Å². The van der Waals surface area contributed by atoms with Crippen LogP contribution < -0.4 is 0 Å². The average molecular weight is 329 g/mol. The summed E-state index contributed by atoms with van der Waals surface area (Å²) in [5, 5.41) is 3.23. The number of aromatic nitrogens is 4. The Bertz CT molecular complexity index is 850. The molecule has 4 aromatic heterocycles. The molecule has 4 rings (SSSR count). The average Bonchev–Trinajstić information content (AvgIpc) is 2.55. The Kier molecular flexibility index (Phi) is 4.42. The molecule has 0 amide bonds. The second kappa shape index (κ2) is 6.64. The van der Waals surface area contributed by atoms with E-state index in [-0.39, 0.29) is 0 Å². The van der Waals surface area contributed by atoms with Gasteiger partial charge in [-0.3, -0.25) is 0 Å². The minimum atomic E-state index is 0.644. The lowest BCUT2D eigenvalue weighted by Gasteiger charge is -1.93. The van der Waals surface area contributed by atoms with Crippen LogP contribution in [0.4, 0.5) is 0 Å². The lowest BCUT2D eigenvalue weighted by atomic mass is 10.3. The first-order valence-electron chi connectivity index (χ1n) is 6.45. The van der Waals surface area contributed by atoms with E-state index in [9.17, 15) is 0 Å². The summed E-state index contributed by atoms with van der Waals surface area (Å²) in [6.07, 6.45) is 6.61. The zero-order chi connectivity index (χ0) is 15.4. The van der Waals surface area contributed by atoms with Crippen LogP contribution in [0.5, 0.6) is 0 Å². The van der Waals surface area contributed by atoms with Crippen molar-refractivity contribution in [2.24, 2.45) is 0 Å². The van der Waals surface area contributed by atoms with Crippen molar-refractivity contribution in [2.45, 2.75) is 0 Å². The second-order valence-corrected chi connectivity index (χ2v) is 5.28. The summed E-state index contributed by atoms with van der Waals surface area (Å²) in [7, 11) is 0. The van der Waals surface area contributed by atoms with E-state index in [0.29, 0.717) is 10.0 Å². The van der Waals surface area contributed by atoms with Gasteiger partial charge in [-0.2, -0.15) is 0 Å². The Morgan fingerprint density at radius 2 is 1.09 bits per heavy atom. The Morgan fingerprint density at radius 1 is 0.636 bits per heavy atom.